The molecule has 0 unspecified atom stereocenters. The summed E-state index contributed by atoms with van der Waals surface area (Å²) in [5, 5.41) is 2.89. The van der Waals surface area contributed by atoms with E-state index in [1.807, 2.05) is 61.0 Å². The second kappa shape index (κ2) is 9.08. The van der Waals surface area contributed by atoms with Crippen molar-refractivity contribution in [2.45, 2.75) is 20.3 Å². The number of carbonyl (C=O) groups excluding carboxylic acids is 1. The average molecular weight is 379 g/mol. The third kappa shape index (κ3) is 4.91. The predicted molar refractivity (Wildman–Crippen MR) is 110 cm³/mol. The maximum atomic E-state index is 12.1. The number of carbonyl (C=O) groups is 1. The number of imidazole rings is 1. The Bertz CT molecular complexity index is 992. The highest BCUT2D eigenvalue weighted by molar-refractivity contribution is 5.91. The van der Waals surface area contributed by atoms with E-state index in [1.54, 1.807) is 13.2 Å². The first-order valence-corrected chi connectivity index (χ1v) is 9.30. The van der Waals surface area contributed by atoms with Crippen LogP contribution in [0.5, 0.6) is 11.5 Å². The van der Waals surface area contributed by atoms with Crippen molar-refractivity contribution in [2.24, 2.45) is 0 Å². The van der Waals surface area contributed by atoms with Gasteiger partial charge >= 0.3 is 0 Å². The zero-order valence-electron chi connectivity index (χ0n) is 16.4. The van der Waals surface area contributed by atoms with Crippen molar-refractivity contribution in [1.82, 2.24) is 14.7 Å². The third-order valence-corrected chi connectivity index (χ3v) is 4.26. The molecule has 0 bridgehead atoms. The van der Waals surface area contributed by atoms with Gasteiger partial charge in [0, 0.05) is 31.4 Å². The van der Waals surface area contributed by atoms with Gasteiger partial charge in [0.1, 0.15) is 5.65 Å². The SMILES string of the molecule is CCOc1ccc(/C=C/C(=O)NCCc2cn3ccc(C)cc3n2)cc1OC. The summed E-state index contributed by atoms with van der Waals surface area (Å²) in [6.45, 7) is 5.06. The number of benzene rings is 1. The lowest BCUT2D eigenvalue weighted by molar-refractivity contribution is -0.116. The number of hydrogen-bond donors (Lipinski definition) is 1. The predicted octanol–water partition coefficient (Wildman–Crippen LogP) is 3.42. The van der Waals surface area contributed by atoms with Gasteiger partial charge in [-0.15, -0.1) is 0 Å². The molecule has 146 valence electrons. The highest BCUT2D eigenvalue weighted by atomic mass is 16.5. The first-order valence-electron chi connectivity index (χ1n) is 9.30. The number of rotatable bonds is 8. The van der Waals surface area contributed by atoms with Gasteiger partial charge in [0.25, 0.3) is 0 Å². The van der Waals surface area contributed by atoms with Gasteiger partial charge in [-0.1, -0.05) is 6.07 Å². The van der Waals surface area contributed by atoms with Gasteiger partial charge in [-0.05, 0) is 55.3 Å². The number of hydrogen-bond acceptors (Lipinski definition) is 4. The van der Waals surface area contributed by atoms with Gasteiger partial charge in [0.2, 0.25) is 5.91 Å². The Kier molecular flexibility index (Phi) is 6.32. The minimum atomic E-state index is -0.146. The molecule has 0 aliphatic heterocycles. The lowest BCUT2D eigenvalue weighted by atomic mass is 10.2. The van der Waals surface area contributed by atoms with Crippen molar-refractivity contribution in [2.75, 3.05) is 20.3 Å². The van der Waals surface area contributed by atoms with E-state index in [2.05, 4.69) is 10.3 Å². The zero-order valence-corrected chi connectivity index (χ0v) is 16.4. The van der Waals surface area contributed by atoms with Crippen LogP contribution in [0.2, 0.25) is 0 Å². The Morgan fingerprint density at radius 1 is 1.25 bits per heavy atom. The first-order chi connectivity index (χ1) is 13.6. The molecule has 0 atom stereocenters. The molecule has 0 aliphatic rings. The van der Waals surface area contributed by atoms with Crippen LogP contribution in [-0.4, -0.2) is 35.6 Å². The van der Waals surface area contributed by atoms with E-state index in [9.17, 15) is 4.79 Å². The largest absolute Gasteiger partial charge is 0.493 e. The molecule has 0 saturated heterocycles. The summed E-state index contributed by atoms with van der Waals surface area (Å²) in [6.07, 6.45) is 7.93. The van der Waals surface area contributed by atoms with Crippen LogP contribution in [0.25, 0.3) is 11.7 Å². The molecule has 1 aromatic carbocycles. The number of nitrogens with zero attached hydrogens (tertiary/aromatic N) is 2. The van der Waals surface area contributed by atoms with Crippen LogP contribution in [0.1, 0.15) is 23.7 Å². The summed E-state index contributed by atoms with van der Waals surface area (Å²) in [7, 11) is 1.60. The normalized spacial score (nSPS) is 11.1. The smallest absolute Gasteiger partial charge is 0.244 e. The molecule has 2 aromatic heterocycles. The monoisotopic (exact) mass is 379 g/mol. The maximum Gasteiger partial charge on any atom is 0.244 e. The molecule has 6 heteroatoms. The number of aromatic nitrogens is 2. The van der Waals surface area contributed by atoms with Crippen molar-refractivity contribution in [3.8, 4) is 11.5 Å². The van der Waals surface area contributed by atoms with Crippen LogP contribution in [0.4, 0.5) is 0 Å². The molecule has 0 saturated carbocycles. The van der Waals surface area contributed by atoms with Gasteiger partial charge in [-0.2, -0.15) is 0 Å². The molecule has 3 aromatic rings. The van der Waals surface area contributed by atoms with E-state index in [1.165, 1.54) is 11.6 Å². The van der Waals surface area contributed by atoms with Crippen LogP contribution >= 0.6 is 0 Å². The van der Waals surface area contributed by atoms with E-state index in [-0.39, 0.29) is 5.91 Å². The molecule has 0 fully saturated rings. The Hall–Kier alpha value is -3.28. The van der Waals surface area contributed by atoms with Gasteiger partial charge in [0.05, 0.1) is 19.4 Å². The minimum absolute atomic E-state index is 0.146. The molecule has 1 N–H and O–H groups in total. The van der Waals surface area contributed by atoms with Crippen LogP contribution in [0.3, 0.4) is 0 Å². The molecule has 6 nitrogen and oxygen atoms in total. The molecule has 1 amide bonds. The average Bonchev–Trinajstić information content (AvgIpc) is 3.09. The number of nitrogens with one attached hydrogen (secondary N) is 1. The Morgan fingerprint density at radius 3 is 2.89 bits per heavy atom. The molecule has 3 rings (SSSR count). The first kappa shape index (κ1) is 19.5. The van der Waals surface area contributed by atoms with E-state index in [4.69, 9.17) is 9.47 Å². The van der Waals surface area contributed by atoms with Crippen LogP contribution in [0, 0.1) is 6.92 Å². The number of methoxy groups -OCH3 is 1. The number of pyridine rings is 1. The summed E-state index contributed by atoms with van der Waals surface area (Å²) >= 11 is 0. The molecule has 0 aliphatic carbocycles. The zero-order chi connectivity index (χ0) is 19.9. The fraction of sp³-hybridized carbons (Fsp3) is 0.273. The molecule has 2 heterocycles. The van der Waals surface area contributed by atoms with Crippen molar-refractivity contribution in [3.05, 3.63) is 65.6 Å². The topological polar surface area (TPSA) is 64.9 Å². The standard InChI is InChI=1S/C22H25N3O3/c1-4-28-19-7-5-17(14-20(19)27-3)6-8-22(26)23-11-9-18-15-25-12-10-16(2)13-21(25)24-18/h5-8,10,12-15H,4,9,11H2,1-3H3,(H,23,26)/b8-6+. The lowest BCUT2D eigenvalue weighted by Crippen LogP contribution is -2.23. The van der Waals surface area contributed by atoms with E-state index in [0.717, 1.165) is 16.9 Å². The minimum Gasteiger partial charge on any atom is -0.493 e. The number of fused-ring (bicyclic) bond motifs is 1. The highest BCUT2D eigenvalue weighted by Gasteiger charge is 2.05. The summed E-state index contributed by atoms with van der Waals surface area (Å²) in [6, 6.07) is 9.64. The fourth-order valence-electron chi connectivity index (χ4n) is 2.86. The quantitative estimate of drug-likeness (QED) is 0.609. The van der Waals surface area contributed by atoms with Crippen LogP contribution < -0.4 is 14.8 Å². The lowest BCUT2D eigenvalue weighted by Gasteiger charge is -2.09. The highest BCUT2D eigenvalue weighted by Crippen LogP contribution is 2.28. The Balaban J connectivity index is 1.53. The number of ether oxygens (including phenoxy) is 2. The summed E-state index contributed by atoms with van der Waals surface area (Å²) in [5.74, 6) is 1.19. The summed E-state index contributed by atoms with van der Waals surface area (Å²) in [4.78, 5) is 16.6. The van der Waals surface area contributed by atoms with Gasteiger partial charge in [0.15, 0.2) is 11.5 Å². The second-order valence-electron chi connectivity index (χ2n) is 6.42. The Labute approximate surface area is 164 Å². The molecular formula is C22H25N3O3. The molecule has 0 radical (unpaired) electrons. The van der Waals surface area contributed by atoms with E-state index < -0.39 is 0 Å². The van der Waals surface area contributed by atoms with E-state index >= 15 is 0 Å². The van der Waals surface area contributed by atoms with Crippen LogP contribution in [-0.2, 0) is 11.2 Å². The van der Waals surface area contributed by atoms with Gasteiger partial charge in [-0.25, -0.2) is 4.98 Å². The number of aryl methyl sites for hydroxylation is 1. The van der Waals surface area contributed by atoms with Crippen LogP contribution in [0.15, 0.2) is 48.8 Å². The van der Waals surface area contributed by atoms with Crippen molar-refractivity contribution >= 4 is 17.6 Å². The molecule has 28 heavy (non-hydrogen) atoms. The Morgan fingerprint density at radius 2 is 2.11 bits per heavy atom. The van der Waals surface area contributed by atoms with Crippen molar-refractivity contribution < 1.29 is 14.3 Å². The van der Waals surface area contributed by atoms with Gasteiger partial charge in [-0.3, -0.25) is 4.79 Å². The third-order valence-electron chi connectivity index (χ3n) is 4.26. The van der Waals surface area contributed by atoms with Crippen molar-refractivity contribution in [3.63, 3.8) is 0 Å². The molecular weight excluding hydrogens is 354 g/mol. The van der Waals surface area contributed by atoms with Gasteiger partial charge < -0.3 is 19.2 Å². The summed E-state index contributed by atoms with van der Waals surface area (Å²) in [5.41, 5.74) is 3.91. The van der Waals surface area contributed by atoms with E-state index in [0.29, 0.717) is 31.1 Å². The second-order valence-corrected chi connectivity index (χ2v) is 6.42. The maximum absolute atomic E-state index is 12.1. The van der Waals surface area contributed by atoms with Crippen molar-refractivity contribution in [1.29, 1.82) is 0 Å². The molecule has 0 spiro atoms. The number of amides is 1. The fourth-order valence-corrected chi connectivity index (χ4v) is 2.86. The summed E-state index contributed by atoms with van der Waals surface area (Å²) < 4.78 is 12.8.